The second-order valence-corrected chi connectivity index (χ2v) is 15.3. The number of carbonyl (C=O) groups excluding carboxylic acids is 7. The number of likely N-dealkylation sites (tertiary alicyclic amines) is 2. The van der Waals surface area contributed by atoms with Gasteiger partial charge in [0.1, 0.15) is 36.8 Å². The molecule has 4 rings (SSSR count). The third kappa shape index (κ3) is 13.3. The quantitative estimate of drug-likeness (QED) is 0.0538. The second-order valence-electron chi connectivity index (χ2n) is 15.3. The van der Waals surface area contributed by atoms with Crippen molar-refractivity contribution in [2.75, 3.05) is 39.8 Å². The molecule has 0 bridgehead atoms. The lowest BCUT2D eigenvalue weighted by atomic mass is 10.0. The Labute approximate surface area is 346 Å². The minimum absolute atomic E-state index is 0.117. The monoisotopic (exact) mass is 818 g/mol. The first-order chi connectivity index (χ1) is 28.4. The van der Waals surface area contributed by atoms with Crippen molar-refractivity contribution >= 4 is 41.4 Å². The Bertz CT molecular complexity index is 1750. The number of esters is 1. The van der Waals surface area contributed by atoms with E-state index in [0.29, 0.717) is 70.1 Å². The van der Waals surface area contributed by atoms with Gasteiger partial charge in [-0.05, 0) is 113 Å². The molecule has 2 fully saturated rings. The highest BCUT2D eigenvalue weighted by Crippen LogP contribution is 2.23. The first kappa shape index (κ1) is 46.3. The summed E-state index contributed by atoms with van der Waals surface area (Å²) in [6, 6.07) is 10.9. The number of nitrogens with two attached hydrogens (primary N) is 2. The summed E-state index contributed by atoms with van der Waals surface area (Å²) < 4.78 is 4.59. The minimum Gasteiger partial charge on any atom is -0.468 e. The molecule has 0 spiro atoms. The van der Waals surface area contributed by atoms with Gasteiger partial charge in [-0.2, -0.15) is 0 Å². The fourth-order valence-electron chi connectivity index (χ4n) is 7.23. The first-order valence-corrected chi connectivity index (χ1v) is 20.9. The Kier molecular flexibility index (Phi) is 18.3. The highest BCUT2D eigenvalue weighted by molar-refractivity contribution is 6.00. The number of hydrogen-bond donors (Lipinski definition) is 6. The normalized spacial score (nSPS) is 17.6. The van der Waals surface area contributed by atoms with Gasteiger partial charge in [0.2, 0.25) is 29.5 Å². The van der Waals surface area contributed by atoms with Gasteiger partial charge in [0.25, 0.3) is 5.91 Å². The molecule has 2 heterocycles. The number of β-lactam (4-membered cyclic amide) rings is 1. The number of nitrogens with one attached hydrogen (secondary N) is 4. The zero-order valence-electron chi connectivity index (χ0n) is 34.6. The molecule has 2 aromatic carbocycles. The zero-order chi connectivity index (χ0) is 42.9. The Morgan fingerprint density at radius 3 is 2.03 bits per heavy atom. The summed E-state index contributed by atoms with van der Waals surface area (Å²) in [6.45, 7) is 4.64. The number of ether oxygens (including phenoxy) is 1. The Hall–Kier alpha value is -5.35. The predicted octanol–water partition coefficient (Wildman–Crippen LogP) is 1.53. The largest absolute Gasteiger partial charge is 0.468 e. The average Bonchev–Trinajstić information content (AvgIpc) is 3.75. The number of amides is 6. The van der Waals surface area contributed by atoms with Gasteiger partial charge in [-0.1, -0.05) is 49.7 Å². The summed E-state index contributed by atoms with van der Waals surface area (Å²) in [6.07, 6.45) is 7.14. The molecule has 5 unspecified atom stereocenters. The van der Waals surface area contributed by atoms with Gasteiger partial charge < -0.3 is 47.3 Å². The van der Waals surface area contributed by atoms with Crippen LogP contribution in [0.4, 0.5) is 0 Å². The van der Waals surface area contributed by atoms with Crippen LogP contribution < -0.4 is 32.7 Å². The van der Waals surface area contributed by atoms with Crippen molar-refractivity contribution in [2.45, 2.75) is 115 Å². The van der Waals surface area contributed by atoms with E-state index in [0.717, 1.165) is 30.4 Å². The number of unbranched alkanes of at least 4 members (excludes halogenated alkanes) is 3. The van der Waals surface area contributed by atoms with E-state index in [4.69, 9.17) is 11.5 Å². The molecule has 16 heteroatoms. The van der Waals surface area contributed by atoms with Crippen molar-refractivity contribution < 1.29 is 38.3 Å². The standard InChI is InChI=1S/C43H62N8O8/c1-4-5-11-29-15-17-30(18-16-29)31-19-21-32(22-20-31)39(54)48-34(13-7-9-24-45)43(58)51-25-10-14-36(51)41(56)46-28(2)38(53)47-33(12-6-8-23-44)40(55)49-35-26-50(42(35)57)27-37(52)59-3/h15-22,28,33-36H,4-14,23-27,44-45H2,1-3H3,(H,46,56)(H,47,53)(H,48,54)(H,49,55). The Balaban J connectivity index is 1.36. The van der Waals surface area contributed by atoms with E-state index >= 15 is 0 Å². The van der Waals surface area contributed by atoms with E-state index in [-0.39, 0.29) is 19.5 Å². The van der Waals surface area contributed by atoms with Gasteiger partial charge in [-0.3, -0.25) is 33.6 Å². The molecule has 2 aromatic rings. The van der Waals surface area contributed by atoms with Gasteiger partial charge in [0, 0.05) is 12.1 Å². The highest BCUT2D eigenvalue weighted by atomic mass is 16.5. The third-order valence-electron chi connectivity index (χ3n) is 10.9. The number of benzene rings is 2. The molecule has 59 heavy (non-hydrogen) atoms. The molecular formula is C43H62N8O8. The van der Waals surface area contributed by atoms with Crippen LogP contribution in [0.3, 0.4) is 0 Å². The molecular weight excluding hydrogens is 757 g/mol. The Morgan fingerprint density at radius 2 is 1.44 bits per heavy atom. The summed E-state index contributed by atoms with van der Waals surface area (Å²) in [5, 5.41) is 10.9. The predicted molar refractivity (Wildman–Crippen MR) is 222 cm³/mol. The van der Waals surface area contributed by atoms with E-state index in [2.05, 4.69) is 57.2 Å². The number of aryl methyl sites for hydroxylation is 1. The lowest BCUT2D eigenvalue weighted by Crippen LogP contribution is -2.66. The molecule has 2 aliphatic heterocycles. The van der Waals surface area contributed by atoms with Gasteiger partial charge >= 0.3 is 5.97 Å². The number of carbonyl (C=O) groups is 7. The summed E-state index contributed by atoms with van der Waals surface area (Å²) in [5.41, 5.74) is 15.1. The van der Waals surface area contributed by atoms with Crippen LogP contribution in [0.15, 0.2) is 48.5 Å². The van der Waals surface area contributed by atoms with E-state index in [9.17, 15) is 33.6 Å². The highest BCUT2D eigenvalue weighted by Gasteiger charge is 2.41. The van der Waals surface area contributed by atoms with Crippen LogP contribution in [0, 0.1) is 0 Å². The van der Waals surface area contributed by atoms with Crippen LogP contribution in [0.2, 0.25) is 0 Å². The topological polar surface area (TPSA) is 235 Å². The number of rotatable bonds is 23. The molecule has 0 radical (unpaired) electrons. The summed E-state index contributed by atoms with van der Waals surface area (Å²) >= 11 is 0. The zero-order valence-corrected chi connectivity index (χ0v) is 34.6. The molecule has 322 valence electrons. The maximum absolute atomic E-state index is 14.1. The maximum atomic E-state index is 14.1. The van der Waals surface area contributed by atoms with Crippen molar-refractivity contribution in [3.63, 3.8) is 0 Å². The number of hydrogen-bond acceptors (Lipinski definition) is 10. The van der Waals surface area contributed by atoms with E-state index in [1.807, 2.05) is 12.1 Å². The van der Waals surface area contributed by atoms with Gasteiger partial charge in [-0.15, -0.1) is 0 Å². The molecule has 8 N–H and O–H groups in total. The average molecular weight is 819 g/mol. The number of methoxy groups -OCH3 is 1. The van der Waals surface area contributed by atoms with Crippen LogP contribution >= 0.6 is 0 Å². The van der Waals surface area contributed by atoms with Gasteiger partial charge in [0.05, 0.1) is 13.7 Å². The van der Waals surface area contributed by atoms with Gasteiger partial charge in [0.15, 0.2) is 0 Å². The fraction of sp³-hybridized carbons (Fsp3) is 0.558. The maximum Gasteiger partial charge on any atom is 0.325 e. The SMILES string of the molecule is CCCCc1ccc(-c2ccc(C(=O)NC(CCCCN)C(=O)N3CCCC3C(=O)NC(C)C(=O)NC(CCCCN)C(=O)NC3CN(CC(=O)OC)C3=O)cc2)cc1. The van der Waals surface area contributed by atoms with Gasteiger partial charge in [-0.25, -0.2) is 0 Å². The van der Waals surface area contributed by atoms with E-state index in [1.165, 1.54) is 29.4 Å². The summed E-state index contributed by atoms with van der Waals surface area (Å²) in [5.74, 6) is -3.57. The third-order valence-corrected chi connectivity index (χ3v) is 10.9. The molecule has 16 nitrogen and oxygen atoms in total. The fourth-order valence-corrected chi connectivity index (χ4v) is 7.23. The van der Waals surface area contributed by atoms with Crippen molar-refractivity contribution in [3.05, 3.63) is 59.7 Å². The molecule has 6 amide bonds. The van der Waals surface area contributed by atoms with Crippen molar-refractivity contribution in [3.8, 4) is 11.1 Å². The van der Waals surface area contributed by atoms with E-state index < -0.39 is 71.6 Å². The summed E-state index contributed by atoms with van der Waals surface area (Å²) in [4.78, 5) is 94.6. The van der Waals surface area contributed by atoms with Crippen LogP contribution in [0.25, 0.3) is 11.1 Å². The number of nitrogens with zero attached hydrogens (tertiary/aromatic N) is 2. The molecule has 0 saturated carbocycles. The first-order valence-electron chi connectivity index (χ1n) is 20.9. The van der Waals surface area contributed by atoms with Crippen molar-refractivity contribution in [1.29, 1.82) is 0 Å². The van der Waals surface area contributed by atoms with Crippen LogP contribution in [0.1, 0.15) is 94.0 Å². The van der Waals surface area contributed by atoms with Crippen LogP contribution in [-0.2, 0) is 39.9 Å². The lowest BCUT2D eigenvalue weighted by Gasteiger charge is -2.38. The van der Waals surface area contributed by atoms with Crippen LogP contribution in [-0.4, -0.2) is 121 Å². The molecule has 0 aliphatic carbocycles. The Morgan fingerprint density at radius 1 is 0.814 bits per heavy atom. The van der Waals surface area contributed by atoms with Crippen molar-refractivity contribution in [1.82, 2.24) is 31.1 Å². The molecule has 2 saturated heterocycles. The lowest BCUT2D eigenvalue weighted by molar-refractivity contribution is -0.155. The molecule has 0 aromatic heterocycles. The van der Waals surface area contributed by atoms with Crippen LogP contribution in [0.5, 0.6) is 0 Å². The molecule has 2 aliphatic rings. The summed E-state index contributed by atoms with van der Waals surface area (Å²) in [7, 11) is 1.21. The smallest absolute Gasteiger partial charge is 0.325 e. The minimum atomic E-state index is -1.08. The van der Waals surface area contributed by atoms with E-state index in [1.54, 1.807) is 12.1 Å². The second kappa shape index (κ2) is 23.3. The van der Waals surface area contributed by atoms with Crippen molar-refractivity contribution in [2.24, 2.45) is 11.5 Å². The molecule has 5 atom stereocenters.